The summed E-state index contributed by atoms with van der Waals surface area (Å²) in [5.41, 5.74) is 0. The maximum Gasteiger partial charge on any atom is 0.306 e. The Morgan fingerprint density at radius 2 is 1.76 bits per heavy atom. The summed E-state index contributed by atoms with van der Waals surface area (Å²) in [5.74, 6) is -0.488. The quantitative estimate of drug-likeness (QED) is 0.361. The first-order chi connectivity index (χ1) is 9.76. The number of hydrogen-bond acceptors (Lipinski definition) is 3. The normalized spacial score (nSPS) is 12.8. The lowest BCUT2D eigenvalue weighted by molar-refractivity contribution is -0.870. The minimum atomic E-state index is -0.701. The van der Waals surface area contributed by atoms with Gasteiger partial charge in [0, 0.05) is 19.4 Å². The van der Waals surface area contributed by atoms with E-state index in [4.69, 9.17) is 4.74 Å². The fraction of sp³-hybridized carbons (Fsp3) is 0.875. The van der Waals surface area contributed by atoms with Crippen molar-refractivity contribution in [2.75, 3.05) is 34.2 Å². The highest BCUT2D eigenvalue weighted by atomic mass is 16.5. The van der Waals surface area contributed by atoms with Crippen molar-refractivity contribution >= 4 is 11.9 Å². The van der Waals surface area contributed by atoms with Crippen LogP contribution < -0.4 is 5.32 Å². The molecule has 1 N–H and O–H groups in total. The van der Waals surface area contributed by atoms with Crippen LogP contribution in [0, 0.1) is 0 Å². The van der Waals surface area contributed by atoms with Crippen molar-refractivity contribution in [2.45, 2.75) is 58.5 Å². The van der Waals surface area contributed by atoms with Crippen LogP contribution in [0.5, 0.6) is 0 Å². The van der Waals surface area contributed by atoms with E-state index in [9.17, 15) is 9.59 Å². The third-order valence-corrected chi connectivity index (χ3v) is 3.22. The summed E-state index contributed by atoms with van der Waals surface area (Å²) in [4.78, 5) is 23.4. The SMILES string of the molecule is CCCCCCC(=O)OC(C)C(=O)NCCC[N+](C)(C)C. The van der Waals surface area contributed by atoms with Gasteiger partial charge in [0.15, 0.2) is 6.10 Å². The van der Waals surface area contributed by atoms with Crippen LogP contribution in [0.15, 0.2) is 0 Å². The van der Waals surface area contributed by atoms with Crippen LogP contribution in [0.1, 0.15) is 52.4 Å². The second-order valence-corrected chi connectivity index (χ2v) is 6.60. The van der Waals surface area contributed by atoms with Gasteiger partial charge in [-0.05, 0) is 13.3 Å². The zero-order valence-corrected chi connectivity index (χ0v) is 14.4. The van der Waals surface area contributed by atoms with Gasteiger partial charge in [-0.15, -0.1) is 0 Å². The molecule has 1 atom stereocenters. The van der Waals surface area contributed by atoms with E-state index in [-0.39, 0.29) is 11.9 Å². The highest BCUT2D eigenvalue weighted by molar-refractivity contribution is 5.83. The van der Waals surface area contributed by atoms with Gasteiger partial charge in [0.2, 0.25) is 0 Å². The van der Waals surface area contributed by atoms with Crippen molar-refractivity contribution in [3.8, 4) is 0 Å². The minimum absolute atomic E-state index is 0.210. The fourth-order valence-electron chi connectivity index (χ4n) is 1.91. The molecule has 0 saturated heterocycles. The van der Waals surface area contributed by atoms with Gasteiger partial charge in [0.25, 0.3) is 5.91 Å². The van der Waals surface area contributed by atoms with E-state index in [1.807, 2.05) is 0 Å². The summed E-state index contributed by atoms with van der Waals surface area (Å²) in [6, 6.07) is 0. The number of ether oxygens (including phenoxy) is 1. The number of quaternary nitrogens is 1. The van der Waals surface area contributed by atoms with Crippen LogP contribution in [0.3, 0.4) is 0 Å². The van der Waals surface area contributed by atoms with Crippen molar-refractivity contribution in [1.29, 1.82) is 0 Å². The van der Waals surface area contributed by atoms with Gasteiger partial charge in [-0.3, -0.25) is 9.59 Å². The molecule has 1 amide bonds. The zero-order valence-electron chi connectivity index (χ0n) is 14.4. The van der Waals surface area contributed by atoms with Crippen LogP contribution in [-0.4, -0.2) is 56.7 Å². The molecule has 0 bridgehead atoms. The Kier molecular flexibility index (Phi) is 10.0. The van der Waals surface area contributed by atoms with Crippen LogP contribution in [0.2, 0.25) is 0 Å². The Balaban J connectivity index is 3.76. The van der Waals surface area contributed by atoms with Gasteiger partial charge >= 0.3 is 5.97 Å². The maximum absolute atomic E-state index is 11.8. The molecule has 0 saturated carbocycles. The Labute approximate surface area is 129 Å². The number of nitrogens with one attached hydrogen (secondary N) is 1. The molecule has 0 aromatic rings. The lowest BCUT2D eigenvalue weighted by Gasteiger charge is -2.23. The number of rotatable bonds is 11. The highest BCUT2D eigenvalue weighted by Gasteiger charge is 2.17. The molecule has 0 aromatic carbocycles. The average molecular weight is 301 g/mol. The van der Waals surface area contributed by atoms with E-state index in [1.165, 1.54) is 0 Å². The van der Waals surface area contributed by atoms with E-state index in [0.29, 0.717) is 13.0 Å². The lowest BCUT2D eigenvalue weighted by Crippen LogP contribution is -2.40. The second-order valence-electron chi connectivity index (χ2n) is 6.60. The van der Waals surface area contributed by atoms with Gasteiger partial charge in [-0.2, -0.15) is 0 Å². The molecule has 21 heavy (non-hydrogen) atoms. The molecular formula is C16H33N2O3+. The number of unbranched alkanes of at least 4 members (excludes halogenated alkanes) is 3. The Morgan fingerprint density at radius 1 is 1.10 bits per heavy atom. The fourth-order valence-corrected chi connectivity index (χ4v) is 1.91. The first-order valence-corrected chi connectivity index (χ1v) is 8.04. The molecule has 0 aliphatic carbocycles. The van der Waals surface area contributed by atoms with Gasteiger partial charge in [-0.25, -0.2) is 0 Å². The van der Waals surface area contributed by atoms with E-state index >= 15 is 0 Å². The van der Waals surface area contributed by atoms with E-state index < -0.39 is 6.10 Å². The van der Waals surface area contributed by atoms with Crippen LogP contribution in [0.25, 0.3) is 0 Å². The Morgan fingerprint density at radius 3 is 2.33 bits per heavy atom. The largest absolute Gasteiger partial charge is 0.453 e. The second kappa shape index (κ2) is 10.6. The lowest BCUT2D eigenvalue weighted by atomic mass is 10.1. The standard InChI is InChI=1S/C16H32N2O3/c1-6-7-8-9-11-15(19)21-14(2)16(20)17-12-10-13-18(3,4)5/h14H,6-13H2,1-5H3/p+1. The molecule has 1 unspecified atom stereocenters. The summed E-state index contributed by atoms with van der Waals surface area (Å²) in [6.07, 6.45) is 4.76. The summed E-state index contributed by atoms with van der Waals surface area (Å²) in [5, 5.41) is 2.81. The van der Waals surface area contributed by atoms with Crippen LogP contribution in [0.4, 0.5) is 0 Å². The molecule has 0 aliphatic heterocycles. The molecule has 0 spiro atoms. The van der Waals surface area contributed by atoms with Gasteiger partial charge in [0.1, 0.15) is 0 Å². The summed E-state index contributed by atoms with van der Waals surface area (Å²) in [6.45, 7) is 5.36. The Hall–Kier alpha value is -1.10. The van der Waals surface area contributed by atoms with Crippen LogP contribution in [-0.2, 0) is 14.3 Å². The van der Waals surface area contributed by atoms with E-state index in [2.05, 4.69) is 33.4 Å². The summed E-state index contributed by atoms with van der Waals surface area (Å²) in [7, 11) is 6.35. The molecule has 0 aliphatic rings. The topological polar surface area (TPSA) is 55.4 Å². The molecule has 124 valence electrons. The van der Waals surface area contributed by atoms with Crippen molar-refractivity contribution < 1.29 is 18.8 Å². The number of carbonyl (C=O) groups is 2. The average Bonchev–Trinajstić information content (AvgIpc) is 2.38. The predicted molar refractivity (Wildman–Crippen MR) is 84.8 cm³/mol. The zero-order chi connectivity index (χ0) is 16.3. The molecule has 0 heterocycles. The van der Waals surface area contributed by atoms with Crippen molar-refractivity contribution in [1.82, 2.24) is 5.32 Å². The molecular weight excluding hydrogens is 268 g/mol. The van der Waals surface area contributed by atoms with Gasteiger partial charge < -0.3 is 14.5 Å². The minimum Gasteiger partial charge on any atom is -0.453 e. The van der Waals surface area contributed by atoms with Gasteiger partial charge in [-0.1, -0.05) is 26.2 Å². The van der Waals surface area contributed by atoms with Crippen molar-refractivity contribution in [2.24, 2.45) is 0 Å². The van der Waals surface area contributed by atoms with E-state index in [1.54, 1.807) is 6.92 Å². The summed E-state index contributed by atoms with van der Waals surface area (Å²) < 4.78 is 6.01. The molecule has 5 nitrogen and oxygen atoms in total. The first kappa shape index (κ1) is 19.9. The number of hydrogen-bond donors (Lipinski definition) is 1. The summed E-state index contributed by atoms with van der Waals surface area (Å²) >= 11 is 0. The predicted octanol–water partition coefficient (Wildman–Crippen LogP) is 2.10. The Bertz CT molecular complexity index is 311. The number of esters is 1. The smallest absolute Gasteiger partial charge is 0.306 e. The van der Waals surface area contributed by atoms with Gasteiger partial charge in [0.05, 0.1) is 27.7 Å². The van der Waals surface area contributed by atoms with Crippen LogP contribution >= 0.6 is 0 Å². The molecule has 0 fully saturated rings. The maximum atomic E-state index is 11.8. The number of carbonyl (C=O) groups excluding carboxylic acids is 2. The van der Waals surface area contributed by atoms with Crippen molar-refractivity contribution in [3.05, 3.63) is 0 Å². The number of amides is 1. The monoisotopic (exact) mass is 301 g/mol. The highest BCUT2D eigenvalue weighted by Crippen LogP contribution is 2.05. The molecule has 0 rings (SSSR count). The molecule has 5 heteroatoms. The molecule has 0 radical (unpaired) electrons. The van der Waals surface area contributed by atoms with Crippen molar-refractivity contribution in [3.63, 3.8) is 0 Å². The third kappa shape index (κ3) is 12.4. The molecule has 0 aromatic heterocycles. The van der Waals surface area contributed by atoms with E-state index in [0.717, 1.165) is 43.1 Å². The number of nitrogens with zero attached hydrogens (tertiary/aromatic N) is 1. The third-order valence-electron chi connectivity index (χ3n) is 3.22. The first-order valence-electron chi connectivity index (χ1n) is 8.04.